The van der Waals surface area contributed by atoms with E-state index in [4.69, 9.17) is 0 Å². The maximum absolute atomic E-state index is 11.5. The molecule has 4 aliphatic rings. The van der Waals surface area contributed by atoms with E-state index in [1.165, 1.54) is 57.8 Å². The summed E-state index contributed by atoms with van der Waals surface area (Å²) < 4.78 is 0. The van der Waals surface area contributed by atoms with Crippen molar-refractivity contribution in [2.45, 2.75) is 105 Å². The highest BCUT2D eigenvalue weighted by atomic mass is 16.1. The molecule has 0 aromatic rings. The van der Waals surface area contributed by atoms with Crippen LogP contribution in [0.4, 0.5) is 0 Å². The molecule has 0 unspecified atom stereocenters. The van der Waals surface area contributed by atoms with Gasteiger partial charge < -0.3 is 0 Å². The van der Waals surface area contributed by atoms with Gasteiger partial charge in [-0.1, -0.05) is 60.0 Å². The lowest BCUT2D eigenvalue weighted by Gasteiger charge is -2.60. The lowest BCUT2D eigenvalue weighted by molar-refractivity contribution is -0.111. The van der Waals surface area contributed by atoms with Gasteiger partial charge >= 0.3 is 0 Å². The van der Waals surface area contributed by atoms with E-state index in [1.54, 1.807) is 0 Å². The van der Waals surface area contributed by atoms with Crippen molar-refractivity contribution in [1.29, 1.82) is 0 Å². The molecule has 0 amide bonds. The summed E-state index contributed by atoms with van der Waals surface area (Å²) in [6, 6.07) is 0. The minimum Gasteiger partial charge on any atom is -0.298 e. The molecule has 4 aliphatic carbocycles. The first-order valence-corrected chi connectivity index (χ1v) is 12.9. The average molecular weight is 399 g/mol. The number of carbonyl (C=O) groups is 1. The monoisotopic (exact) mass is 398 g/mol. The van der Waals surface area contributed by atoms with E-state index in [1.807, 2.05) is 0 Å². The first-order chi connectivity index (χ1) is 13.8. The van der Waals surface area contributed by atoms with Gasteiger partial charge in [0.1, 0.15) is 6.29 Å². The summed E-state index contributed by atoms with van der Waals surface area (Å²) >= 11 is 0. The minimum absolute atomic E-state index is 0.385. The molecule has 1 nitrogen and oxygen atoms in total. The zero-order chi connectivity index (χ0) is 20.8. The summed E-state index contributed by atoms with van der Waals surface area (Å²) in [6.45, 7) is 12.6. The van der Waals surface area contributed by atoms with Crippen LogP contribution in [0, 0.1) is 52.3 Å². The van der Waals surface area contributed by atoms with Crippen LogP contribution >= 0.6 is 0 Å². The molecule has 29 heavy (non-hydrogen) atoms. The van der Waals surface area contributed by atoms with E-state index < -0.39 is 0 Å². The zero-order valence-electron chi connectivity index (χ0n) is 19.9. The van der Waals surface area contributed by atoms with Gasteiger partial charge in [-0.15, -0.1) is 0 Å². The highest BCUT2D eigenvalue weighted by molar-refractivity contribution is 5.73. The van der Waals surface area contributed by atoms with Crippen molar-refractivity contribution in [3.63, 3.8) is 0 Å². The summed E-state index contributed by atoms with van der Waals surface area (Å²) in [5, 5.41) is 0. The van der Waals surface area contributed by atoms with Crippen LogP contribution in [0.2, 0.25) is 0 Å². The van der Waals surface area contributed by atoms with Gasteiger partial charge in [0.25, 0.3) is 0 Å². The summed E-state index contributed by atoms with van der Waals surface area (Å²) in [5.74, 6) is 6.24. The fraction of sp³-hybridized carbons (Fsp3) is 0.893. The molecule has 4 rings (SSSR count). The Morgan fingerprint density at radius 1 is 1.00 bits per heavy atom. The largest absolute Gasteiger partial charge is 0.298 e. The van der Waals surface area contributed by atoms with Crippen LogP contribution < -0.4 is 0 Å². The standard InChI is InChI=1S/C28H46O/c1-19(2)7-6-8-20(3)24-13-14-25-23-12-11-22-10-9-21(18-29)17-28(22,5)26(23)15-16-27(24,25)4/h9,18-20,22-26H,6-8,10-17H2,1-5H3/t20-,22-,23+,24-,25+,26+,27-,28+/m1/s1. The summed E-state index contributed by atoms with van der Waals surface area (Å²) in [7, 11) is 0. The maximum atomic E-state index is 11.5. The predicted octanol–water partition coefficient (Wildman–Crippen LogP) is 7.84. The van der Waals surface area contributed by atoms with Crippen molar-refractivity contribution in [3.8, 4) is 0 Å². The van der Waals surface area contributed by atoms with E-state index in [2.05, 4.69) is 40.7 Å². The SMILES string of the molecule is CC(C)CCC[C@@H](C)[C@H]1CC[C@H]2[C@@H]3CC[C@H]4CC=C(C=O)C[C@]4(C)[C@H]3CC[C@]12C. The molecule has 0 aromatic heterocycles. The number of hydrogen-bond donors (Lipinski definition) is 0. The van der Waals surface area contributed by atoms with Crippen LogP contribution in [-0.2, 0) is 4.79 Å². The second kappa shape index (κ2) is 8.16. The summed E-state index contributed by atoms with van der Waals surface area (Å²) in [4.78, 5) is 11.5. The highest BCUT2D eigenvalue weighted by Gasteiger charge is 2.60. The molecule has 0 radical (unpaired) electrons. The number of allylic oxidation sites excluding steroid dienone is 2. The first-order valence-electron chi connectivity index (χ1n) is 12.9. The predicted molar refractivity (Wildman–Crippen MR) is 123 cm³/mol. The lowest BCUT2D eigenvalue weighted by atomic mass is 9.44. The summed E-state index contributed by atoms with van der Waals surface area (Å²) in [6.07, 6.45) is 18.6. The molecular weight excluding hydrogens is 352 g/mol. The van der Waals surface area contributed by atoms with Crippen LogP contribution in [0.25, 0.3) is 0 Å². The molecule has 1 heteroatoms. The molecule has 0 spiro atoms. The normalized spacial score (nSPS) is 45.2. The minimum atomic E-state index is 0.385. The zero-order valence-corrected chi connectivity index (χ0v) is 19.9. The van der Waals surface area contributed by atoms with Crippen molar-refractivity contribution >= 4 is 6.29 Å². The maximum Gasteiger partial charge on any atom is 0.145 e. The van der Waals surface area contributed by atoms with Crippen molar-refractivity contribution in [3.05, 3.63) is 11.6 Å². The fourth-order valence-corrected chi connectivity index (χ4v) is 9.12. The Labute approximate surface area is 180 Å². The van der Waals surface area contributed by atoms with Crippen LogP contribution in [0.5, 0.6) is 0 Å². The number of carbonyl (C=O) groups excluding carboxylic acids is 1. The molecule has 0 aromatic carbocycles. The molecular formula is C28H46O. The number of fused-ring (bicyclic) bond motifs is 5. The van der Waals surface area contributed by atoms with E-state index in [-0.39, 0.29) is 0 Å². The van der Waals surface area contributed by atoms with Crippen molar-refractivity contribution in [2.75, 3.05) is 0 Å². The molecule has 8 atom stereocenters. The van der Waals surface area contributed by atoms with E-state index in [9.17, 15) is 4.79 Å². The van der Waals surface area contributed by atoms with Crippen LogP contribution in [0.3, 0.4) is 0 Å². The molecule has 0 heterocycles. The van der Waals surface area contributed by atoms with Crippen LogP contribution in [0.15, 0.2) is 11.6 Å². The Morgan fingerprint density at radius 3 is 2.48 bits per heavy atom. The molecule has 3 fully saturated rings. The second-order valence-electron chi connectivity index (χ2n) is 12.5. The van der Waals surface area contributed by atoms with Gasteiger partial charge in [0.2, 0.25) is 0 Å². The molecule has 164 valence electrons. The van der Waals surface area contributed by atoms with Gasteiger partial charge in [0.15, 0.2) is 0 Å². The van der Waals surface area contributed by atoms with Crippen molar-refractivity contribution in [1.82, 2.24) is 0 Å². The van der Waals surface area contributed by atoms with Crippen molar-refractivity contribution in [2.24, 2.45) is 52.3 Å². The Hall–Kier alpha value is -0.590. The second-order valence-corrected chi connectivity index (χ2v) is 12.5. The van der Waals surface area contributed by atoms with Gasteiger partial charge in [-0.25, -0.2) is 0 Å². The van der Waals surface area contributed by atoms with Crippen LogP contribution in [-0.4, -0.2) is 6.29 Å². The first kappa shape index (κ1) is 21.6. The lowest BCUT2D eigenvalue weighted by Crippen LogP contribution is -2.53. The molecule has 3 saturated carbocycles. The van der Waals surface area contributed by atoms with Gasteiger partial charge in [-0.2, -0.15) is 0 Å². The average Bonchev–Trinajstić information content (AvgIpc) is 3.04. The van der Waals surface area contributed by atoms with E-state index >= 15 is 0 Å². The number of hydrogen-bond acceptors (Lipinski definition) is 1. The van der Waals surface area contributed by atoms with Gasteiger partial charge in [0.05, 0.1) is 0 Å². The number of rotatable bonds is 6. The van der Waals surface area contributed by atoms with E-state index in [0.29, 0.717) is 10.8 Å². The van der Waals surface area contributed by atoms with Gasteiger partial charge in [-0.3, -0.25) is 4.79 Å². The third kappa shape index (κ3) is 3.67. The quantitative estimate of drug-likeness (QED) is 0.416. The Bertz CT molecular complexity index is 632. The third-order valence-electron chi connectivity index (χ3n) is 10.7. The molecule has 0 bridgehead atoms. The topological polar surface area (TPSA) is 17.1 Å². The molecule has 0 aliphatic heterocycles. The van der Waals surface area contributed by atoms with E-state index in [0.717, 1.165) is 66.1 Å². The Kier molecular flexibility index (Phi) is 6.09. The Balaban J connectivity index is 1.49. The fourth-order valence-electron chi connectivity index (χ4n) is 9.12. The third-order valence-corrected chi connectivity index (χ3v) is 10.7. The Morgan fingerprint density at radius 2 is 1.76 bits per heavy atom. The molecule has 0 saturated heterocycles. The molecule has 0 N–H and O–H groups in total. The van der Waals surface area contributed by atoms with Crippen LogP contribution in [0.1, 0.15) is 105 Å². The van der Waals surface area contributed by atoms with Gasteiger partial charge in [0, 0.05) is 0 Å². The smallest absolute Gasteiger partial charge is 0.145 e. The van der Waals surface area contributed by atoms with Crippen molar-refractivity contribution < 1.29 is 4.79 Å². The van der Waals surface area contributed by atoms with Gasteiger partial charge in [-0.05, 0) is 109 Å². The highest BCUT2D eigenvalue weighted by Crippen LogP contribution is 2.68. The summed E-state index contributed by atoms with van der Waals surface area (Å²) in [5.41, 5.74) is 2.07. The number of aldehydes is 1.